The standard InChI is InChI=1S/C23H23ClN2O4S/c1-16-14-21(31(28,29)26-20-10-8-19(24)9-11-20)12-13-22(16)30-15-23(27)25-17(2)18-6-4-3-5-7-18/h3-14,17,26H,15H2,1-2H3,(H,25,27)/t17-/m1/s1. The van der Waals surface area contributed by atoms with Crippen LogP contribution in [0, 0.1) is 6.92 Å². The van der Waals surface area contributed by atoms with E-state index in [0.717, 1.165) is 5.56 Å². The Balaban J connectivity index is 1.61. The minimum Gasteiger partial charge on any atom is -0.484 e. The molecule has 162 valence electrons. The highest BCUT2D eigenvalue weighted by molar-refractivity contribution is 7.92. The molecule has 0 radical (unpaired) electrons. The van der Waals surface area contributed by atoms with Gasteiger partial charge >= 0.3 is 0 Å². The molecule has 0 bridgehead atoms. The zero-order valence-corrected chi connectivity index (χ0v) is 18.7. The number of ether oxygens (including phenoxy) is 1. The molecule has 1 atom stereocenters. The molecule has 2 N–H and O–H groups in total. The number of carbonyl (C=O) groups is 1. The molecule has 3 rings (SSSR count). The van der Waals surface area contributed by atoms with Crippen LogP contribution < -0.4 is 14.8 Å². The van der Waals surface area contributed by atoms with Crippen LogP contribution in [0.2, 0.25) is 5.02 Å². The van der Waals surface area contributed by atoms with Crippen LogP contribution in [-0.2, 0) is 14.8 Å². The molecule has 0 spiro atoms. The zero-order chi connectivity index (χ0) is 22.4. The van der Waals surface area contributed by atoms with Gasteiger partial charge in [-0.2, -0.15) is 0 Å². The summed E-state index contributed by atoms with van der Waals surface area (Å²) < 4.78 is 33.3. The predicted octanol–water partition coefficient (Wildman–Crippen LogP) is 4.71. The Morgan fingerprint density at radius 3 is 2.35 bits per heavy atom. The van der Waals surface area contributed by atoms with E-state index in [-0.39, 0.29) is 23.5 Å². The number of hydrogen-bond acceptors (Lipinski definition) is 4. The minimum atomic E-state index is -3.77. The normalized spacial score (nSPS) is 12.1. The van der Waals surface area contributed by atoms with Gasteiger partial charge in [-0.1, -0.05) is 41.9 Å². The molecule has 0 saturated carbocycles. The molecule has 0 aliphatic carbocycles. The van der Waals surface area contributed by atoms with Crippen LogP contribution in [0.15, 0.2) is 77.7 Å². The average Bonchev–Trinajstić information content (AvgIpc) is 2.75. The summed E-state index contributed by atoms with van der Waals surface area (Å²) in [5.41, 5.74) is 2.00. The van der Waals surface area contributed by atoms with Gasteiger partial charge in [-0.05, 0) is 67.4 Å². The fraction of sp³-hybridized carbons (Fsp3) is 0.174. The Morgan fingerprint density at radius 1 is 1.03 bits per heavy atom. The lowest BCUT2D eigenvalue weighted by atomic mass is 10.1. The van der Waals surface area contributed by atoms with E-state index in [9.17, 15) is 13.2 Å². The number of hydrogen-bond donors (Lipinski definition) is 2. The minimum absolute atomic E-state index is 0.0921. The van der Waals surface area contributed by atoms with Gasteiger partial charge in [0.25, 0.3) is 15.9 Å². The molecule has 0 unspecified atom stereocenters. The van der Waals surface area contributed by atoms with Crippen LogP contribution in [-0.4, -0.2) is 20.9 Å². The molecule has 8 heteroatoms. The molecular formula is C23H23ClN2O4S. The van der Waals surface area contributed by atoms with Gasteiger partial charge < -0.3 is 10.1 Å². The van der Waals surface area contributed by atoms with Crippen molar-refractivity contribution >= 4 is 33.2 Å². The summed E-state index contributed by atoms with van der Waals surface area (Å²) in [6.45, 7) is 3.44. The summed E-state index contributed by atoms with van der Waals surface area (Å²) in [7, 11) is -3.77. The van der Waals surface area contributed by atoms with Crippen molar-refractivity contribution in [3.8, 4) is 5.75 Å². The quantitative estimate of drug-likeness (QED) is 0.512. The summed E-state index contributed by atoms with van der Waals surface area (Å²) >= 11 is 5.83. The second-order valence-electron chi connectivity index (χ2n) is 7.03. The van der Waals surface area contributed by atoms with E-state index in [2.05, 4.69) is 10.0 Å². The summed E-state index contributed by atoms with van der Waals surface area (Å²) in [4.78, 5) is 12.3. The van der Waals surface area contributed by atoms with E-state index in [1.54, 1.807) is 37.3 Å². The van der Waals surface area contributed by atoms with Crippen LogP contribution in [0.1, 0.15) is 24.1 Å². The Morgan fingerprint density at radius 2 is 1.71 bits per heavy atom. The molecule has 1 amide bonds. The van der Waals surface area contributed by atoms with Crippen molar-refractivity contribution in [1.82, 2.24) is 5.32 Å². The zero-order valence-electron chi connectivity index (χ0n) is 17.1. The monoisotopic (exact) mass is 458 g/mol. The molecule has 0 heterocycles. The van der Waals surface area contributed by atoms with E-state index < -0.39 is 10.0 Å². The summed E-state index contributed by atoms with van der Waals surface area (Å²) in [5.74, 6) is 0.171. The lowest BCUT2D eigenvalue weighted by Crippen LogP contribution is -2.31. The number of aryl methyl sites for hydroxylation is 1. The Bertz CT molecular complexity index is 1150. The maximum absolute atomic E-state index is 12.6. The molecule has 0 aliphatic heterocycles. The van der Waals surface area contributed by atoms with Crippen LogP contribution in [0.5, 0.6) is 5.75 Å². The van der Waals surface area contributed by atoms with Crippen molar-refractivity contribution in [2.75, 3.05) is 11.3 Å². The van der Waals surface area contributed by atoms with Crippen molar-refractivity contribution in [2.24, 2.45) is 0 Å². The number of anilines is 1. The second kappa shape index (κ2) is 9.85. The number of nitrogens with one attached hydrogen (secondary N) is 2. The van der Waals surface area contributed by atoms with Gasteiger partial charge in [0.15, 0.2) is 6.61 Å². The third-order valence-electron chi connectivity index (χ3n) is 4.59. The van der Waals surface area contributed by atoms with Crippen LogP contribution >= 0.6 is 11.6 Å². The highest BCUT2D eigenvalue weighted by Gasteiger charge is 2.16. The van der Waals surface area contributed by atoms with Crippen LogP contribution in [0.3, 0.4) is 0 Å². The lowest BCUT2D eigenvalue weighted by Gasteiger charge is -2.15. The molecule has 31 heavy (non-hydrogen) atoms. The van der Waals surface area contributed by atoms with E-state index >= 15 is 0 Å². The summed E-state index contributed by atoms with van der Waals surface area (Å²) in [6, 6.07) is 20.3. The highest BCUT2D eigenvalue weighted by Crippen LogP contribution is 2.24. The molecule has 3 aromatic rings. The van der Waals surface area contributed by atoms with Crippen molar-refractivity contribution in [1.29, 1.82) is 0 Å². The van der Waals surface area contributed by atoms with Gasteiger partial charge in [0.1, 0.15) is 5.75 Å². The molecule has 0 fully saturated rings. The maximum atomic E-state index is 12.6. The Labute approximate surface area is 187 Å². The van der Waals surface area contributed by atoms with Crippen molar-refractivity contribution in [3.63, 3.8) is 0 Å². The van der Waals surface area contributed by atoms with E-state index in [0.29, 0.717) is 22.0 Å². The smallest absolute Gasteiger partial charge is 0.261 e. The Hall–Kier alpha value is -3.03. The van der Waals surface area contributed by atoms with Gasteiger partial charge in [0.05, 0.1) is 10.9 Å². The molecule has 0 saturated heterocycles. The number of sulfonamides is 1. The van der Waals surface area contributed by atoms with Crippen molar-refractivity contribution < 1.29 is 17.9 Å². The molecular weight excluding hydrogens is 436 g/mol. The third kappa shape index (κ3) is 6.23. The van der Waals surface area contributed by atoms with Gasteiger partial charge in [-0.3, -0.25) is 9.52 Å². The SMILES string of the molecule is Cc1cc(S(=O)(=O)Nc2ccc(Cl)cc2)ccc1OCC(=O)N[C@H](C)c1ccccc1. The second-order valence-corrected chi connectivity index (χ2v) is 9.15. The average molecular weight is 459 g/mol. The largest absolute Gasteiger partial charge is 0.484 e. The van der Waals surface area contributed by atoms with Crippen LogP contribution in [0.4, 0.5) is 5.69 Å². The topological polar surface area (TPSA) is 84.5 Å². The Kier molecular flexibility index (Phi) is 7.20. The van der Waals surface area contributed by atoms with Gasteiger partial charge in [0.2, 0.25) is 0 Å². The number of amides is 1. The molecule has 0 aromatic heterocycles. The summed E-state index contributed by atoms with van der Waals surface area (Å²) in [6.07, 6.45) is 0. The lowest BCUT2D eigenvalue weighted by molar-refractivity contribution is -0.123. The molecule has 3 aromatic carbocycles. The fourth-order valence-electron chi connectivity index (χ4n) is 2.93. The maximum Gasteiger partial charge on any atom is 0.261 e. The fourth-order valence-corrected chi connectivity index (χ4v) is 4.20. The van der Waals surface area contributed by atoms with Crippen molar-refractivity contribution in [3.05, 3.63) is 88.9 Å². The van der Waals surface area contributed by atoms with Gasteiger partial charge in [-0.15, -0.1) is 0 Å². The third-order valence-corrected chi connectivity index (χ3v) is 6.22. The van der Waals surface area contributed by atoms with Crippen molar-refractivity contribution in [2.45, 2.75) is 24.8 Å². The van der Waals surface area contributed by atoms with E-state index in [1.807, 2.05) is 37.3 Å². The van der Waals surface area contributed by atoms with Gasteiger partial charge in [0, 0.05) is 10.7 Å². The van der Waals surface area contributed by atoms with Gasteiger partial charge in [-0.25, -0.2) is 8.42 Å². The molecule has 0 aliphatic rings. The summed E-state index contributed by atoms with van der Waals surface area (Å²) in [5, 5.41) is 3.39. The highest BCUT2D eigenvalue weighted by atomic mass is 35.5. The first-order chi connectivity index (χ1) is 14.7. The first-order valence-corrected chi connectivity index (χ1v) is 11.5. The number of halogens is 1. The van der Waals surface area contributed by atoms with Crippen LogP contribution in [0.25, 0.3) is 0 Å². The van der Waals surface area contributed by atoms with E-state index in [1.165, 1.54) is 12.1 Å². The predicted molar refractivity (Wildman–Crippen MR) is 122 cm³/mol. The number of benzene rings is 3. The first-order valence-electron chi connectivity index (χ1n) is 9.61. The number of carbonyl (C=O) groups excluding carboxylic acids is 1. The molecule has 6 nitrogen and oxygen atoms in total. The number of rotatable bonds is 8. The van der Waals surface area contributed by atoms with E-state index in [4.69, 9.17) is 16.3 Å². The first kappa shape index (κ1) is 22.7.